The predicted octanol–water partition coefficient (Wildman–Crippen LogP) is 3.55. The van der Waals surface area contributed by atoms with Crippen molar-refractivity contribution in [1.29, 1.82) is 0 Å². The van der Waals surface area contributed by atoms with Crippen LogP contribution in [0.15, 0.2) is 18.2 Å². The summed E-state index contributed by atoms with van der Waals surface area (Å²) in [6, 6.07) is 5.69. The van der Waals surface area contributed by atoms with E-state index in [0.29, 0.717) is 11.8 Å². The van der Waals surface area contributed by atoms with E-state index in [0.717, 1.165) is 24.9 Å². The lowest BCUT2D eigenvalue weighted by molar-refractivity contribution is 0.381. The number of unbranched alkanes of at least 4 members (excludes halogenated alkanes) is 1. The second-order valence-electron chi connectivity index (χ2n) is 4.53. The van der Waals surface area contributed by atoms with Crippen LogP contribution < -0.4 is 10.1 Å². The lowest BCUT2D eigenvalue weighted by Crippen LogP contribution is -2.31. The number of benzene rings is 1. The van der Waals surface area contributed by atoms with Gasteiger partial charge >= 0.3 is 0 Å². The fraction of sp³-hybridized carbons (Fsp3) is 0.600. The van der Waals surface area contributed by atoms with Crippen LogP contribution in [0.1, 0.15) is 38.7 Å². The van der Waals surface area contributed by atoms with E-state index in [2.05, 4.69) is 19.2 Å². The molecule has 1 N–H and O–H groups in total. The number of hydrogen-bond acceptors (Lipinski definition) is 2. The van der Waals surface area contributed by atoms with Crippen LogP contribution in [0.2, 0.25) is 0 Å². The Bertz CT molecular complexity index is 354. The van der Waals surface area contributed by atoms with Gasteiger partial charge in [-0.25, -0.2) is 4.39 Å². The Kier molecular flexibility index (Phi) is 6.73. The quantitative estimate of drug-likeness (QED) is 0.765. The van der Waals surface area contributed by atoms with Gasteiger partial charge in [0, 0.05) is 6.04 Å². The summed E-state index contributed by atoms with van der Waals surface area (Å²) in [5, 5.41) is 3.42. The van der Waals surface area contributed by atoms with Crippen molar-refractivity contribution in [1.82, 2.24) is 5.32 Å². The lowest BCUT2D eigenvalue weighted by atomic mass is 10.0. The molecular formula is C15H24FNO. The average Bonchev–Trinajstić information content (AvgIpc) is 2.38. The zero-order chi connectivity index (χ0) is 13.4. The van der Waals surface area contributed by atoms with Crippen molar-refractivity contribution >= 4 is 0 Å². The molecule has 0 radical (unpaired) electrons. The summed E-state index contributed by atoms with van der Waals surface area (Å²) in [5.74, 6) is 0.109. The Balaban J connectivity index is 2.73. The predicted molar refractivity (Wildman–Crippen MR) is 73.6 cm³/mol. The summed E-state index contributed by atoms with van der Waals surface area (Å²) in [6.45, 7) is 5.18. The molecule has 1 rings (SSSR count). The minimum Gasteiger partial charge on any atom is -0.494 e. The Morgan fingerprint density at radius 3 is 2.72 bits per heavy atom. The minimum absolute atomic E-state index is 0.223. The maximum atomic E-state index is 14.0. The maximum Gasteiger partial charge on any atom is 0.168 e. The van der Waals surface area contributed by atoms with Crippen LogP contribution in [0.4, 0.5) is 4.39 Å². The highest BCUT2D eigenvalue weighted by Crippen LogP contribution is 2.21. The molecule has 0 aliphatic rings. The van der Waals surface area contributed by atoms with Gasteiger partial charge in [-0.05, 0) is 31.0 Å². The van der Waals surface area contributed by atoms with E-state index in [1.807, 2.05) is 12.1 Å². The first-order valence-corrected chi connectivity index (χ1v) is 6.77. The molecule has 0 aromatic heterocycles. The fourth-order valence-corrected chi connectivity index (χ4v) is 2.15. The van der Waals surface area contributed by atoms with Crippen molar-refractivity contribution < 1.29 is 9.13 Å². The summed E-state index contributed by atoms with van der Waals surface area (Å²) in [6.07, 6.45) is 4.14. The van der Waals surface area contributed by atoms with Gasteiger partial charge in [0.1, 0.15) is 0 Å². The number of hydrogen-bond donors (Lipinski definition) is 1. The van der Waals surface area contributed by atoms with E-state index in [-0.39, 0.29) is 5.82 Å². The van der Waals surface area contributed by atoms with E-state index in [9.17, 15) is 4.39 Å². The average molecular weight is 253 g/mol. The molecule has 0 saturated carbocycles. The van der Waals surface area contributed by atoms with Crippen LogP contribution in [0.5, 0.6) is 5.75 Å². The Hall–Kier alpha value is -1.09. The van der Waals surface area contributed by atoms with E-state index >= 15 is 0 Å². The minimum atomic E-state index is -0.223. The topological polar surface area (TPSA) is 21.3 Å². The van der Waals surface area contributed by atoms with Crippen LogP contribution in [0, 0.1) is 5.82 Å². The summed E-state index contributed by atoms with van der Waals surface area (Å²) >= 11 is 0. The molecule has 1 aromatic rings. The first-order valence-electron chi connectivity index (χ1n) is 6.77. The number of nitrogens with one attached hydrogen (secondary N) is 1. The molecule has 18 heavy (non-hydrogen) atoms. The van der Waals surface area contributed by atoms with Crippen LogP contribution in [-0.2, 0) is 6.42 Å². The van der Waals surface area contributed by atoms with Gasteiger partial charge in [-0.1, -0.05) is 38.8 Å². The van der Waals surface area contributed by atoms with Crippen molar-refractivity contribution in [2.24, 2.45) is 0 Å². The summed E-state index contributed by atoms with van der Waals surface area (Å²) < 4.78 is 19.1. The summed E-state index contributed by atoms with van der Waals surface area (Å²) in [5.41, 5.74) is 0.733. The second kappa shape index (κ2) is 8.09. The number of halogens is 1. The van der Waals surface area contributed by atoms with E-state index in [1.54, 1.807) is 6.07 Å². The first kappa shape index (κ1) is 15.0. The first-order chi connectivity index (χ1) is 8.72. The van der Waals surface area contributed by atoms with E-state index < -0.39 is 0 Å². The van der Waals surface area contributed by atoms with Crippen molar-refractivity contribution in [3.05, 3.63) is 29.6 Å². The monoisotopic (exact) mass is 253 g/mol. The molecule has 1 unspecified atom stereocenters. The molecule has 0 aliphatic heterocycles. The molecule has 0 bridgehead atoms. The summed E-state index contributed by atoms with van der Waals surface area (Å²) in [7, 11) is 1.50. The highest BCUT2D eigenvalue weighted by atomic mass is 19.1. The Morgan fingerprint density at radius 2 is 2.11 bits per heavy atom. The van der Waals surface area contributed by atoms with Crippen LogP contribution in [-0.4, -0.2) is 19.7 Å². The molecule has 0 heterocycles. The number of ether oxygens (including phenoxy) is 1. The molecule has 0 saturated heterocycles. The third-order valence-electron chi connectivity index (χ3n) is 3.13. The SMILES string of the molecule is CCCCC(Cc1cccc(OC)c1F)NCC. The smallest absolute Gasteiger partial charge is 0.168 e. The van der Waals surface area contributed by atoms with Gasteiger partial charge in [0.15, 0.2) is 11.6 Å². The van der Waals surface area contributed by atoms with Gasteiger partial charge in [0.25, 0.3) is 0 Å². The zero-order valence-electron chi connectivity index (χ0n) is 11.6. The molecule has 2 nitrogen and oxygen atoms in total. The fourth-order valence-electron chi connectivity index (χ4n) is 2.15. The molecule has 1 aromatic carbocycles. The molecular weight excluding hydrogens is 229 g/mol. The van der Waals surface area contributed by atoms with Crippen LogP contribution in [0.25, 0.3) is 0 Å². The lowest BCUT2D eigenvalue weighted by Gasteiger charge is -2.18. The molecule has 0 amide bonds. The molecule has 102 valence electrons. The third kappa shape index (κ3) is 4.30. The van der Waals surface area contributed by atoms with Crippen molar-refractivity contribution in [2.45, 2.75) is 45.6 Å². The van der Waals surface area contributed by atoms with Gasteiger partial charge < -0.3 is 10.1 Å². The normalized spacial score (nSPS) is 12.4. The van der Waals surface area contributed by atoms with Crippen molar-refractivity contribution in [2.75, 3.05) is 13.7 Å². The third-order valence-corrected chi connectivity index (χ3v) is 3.13. The van der Waals surface area contributed by atoms with Gasteiger partial charge in [-0.3, -0.25) is 0 Å². The van der Waals surface area contributed by atoms with Gasteiger partial charge in [-0.2, -0.15) is 0 Å². The maximum absolute atomic E-state index is 14.0. The van der Waals surface area contributed by atoms with Crippen molar-refractivity contribution in [3.8, 4) is 5.75 Å². The van der Waals surface area contributed by atoms with E-state index in [1.165, 1.54) is 20.0 Å². The van der Waals surface area contributed by atoms with Gasteiger partial charge in [0.2, 0.25) is 0 Å². The van der Waals surface area contributed by atoms with Gasteiger partial charge in [-0.15, -0.1) is 0 Å². The second-order valence-corrected chi connectivity index (χ2v) is 4.53. The molecule has 3 heteroatoms. The highest BCUT2D eigenvalue weighted by molar-refractivity contribution is 5.31. The Morgan fingerprint density at radius 1 is 1.33 bits per heavy atom. The summed E-state index contributed by atoms with van der Waals surface area (Å²) in [4.78, 5) is 0. The standard InChI is InChI=1S/C15H24FNO/c1-4-6-9-13(17-5-2)11-12-8-7-10-14(18-3)15(12)16/h7-8,10,13,17H,4-6,9,11H2,1-3H3. The molecule has 0 aliphatic carbocycles. The molecule has 1 atom stereocenters. The van der Waals surface area contributed by atoms with Gasteiger partial charge in [0.05, 0.1) is 7.11 Å². The van der Waals surface area contributed by atoms with Crippen LogP contribution in [0.3, 0.4) is 0 Å². The largest absolute Gasteiger partial charge is 0.494 e. The van der Waals surface area contributed by atoms with Crippen LogP contribution >= 0.6 is 0 Å². The highest BCUT2D eigenvalue weighted by Gasteiger charge is 2.13. The van der Waals surface area contributed by atoms with E-state index in [4.69, 9.17) is 4.74 Å². The Labute approximate surface area is 110 Å². The number of rotatable bonds is 8. The van der Waals surface area contributed by atoms with Crippen molar-refractivity contribution in [3.63, 3.8) is 0 Å². The molecule has 0 fully saturated rings. The zero-order valence-corrected chi connectivity index (χ0v) is 11.6. The molecule has 0 spiro atoms. The number of likely N-dealkylation sites (N-methyl/N-ethyl adjacent to an activating group) is 1. The number of methoxy groups -OCH3 is 1.